The van der Waals surface area contributed by atoms with E-state index in [0.717, 1.165) is 19.3 Å². The molecule has 8 heteroatoms. The maximum atomic E-state index is 9.01. The third kappa shape index (κ3) is 16.2. The molecule has 0 radical (unpaired) electrons. The topological polar surface area (TPSA) is 107 Å². The van der Waals surface area contributed by atoms with E-state index in [2.05, 4.69) is 12.1 Å². The van der Waals surface area contributed by atoms with Crippen molar-refractivity contribution in [2.24, 2.45) is 0 Å². The van der Waals surface area contributed by atoms with Crippen molar-refractivity contribution >= 4 is 0 Å². The van der Waals surface area contributed by atoms with Crippen molar-refractivity contribution in [3.8, 4) is 0 Å². The quantitative estimate of drug-likeness (QED) is 0.197. The van der Waals surface area contributed by atoms with E-state index >= 15 is 0 Å². The summed E-state index contributed by atoms with van der Waals surface area (Å²) in [5.74, 6) is 0. The maximum absolute atomic E-state index is 9.01. The minimum atomic E-state index is -0.774. The fraction of sp³-hybridized carbons (Fsp3) is 0.760. The zero-order valence-electron chi connectivity index (χ0n) is 20.0. The third-order valence-electron chi connectivity index (χ3n) is 4.89. The molecule has 0 amide bonds. The van der Waals surface area contributed by atoms with E-state index in [1.807, 2.05) is 18.2 Å². The molecular weight excluding hydrogens is 428 g/mol. The van der Waals surface area contributed by atoms with Gasteiger partial charge in [0.25, 0.3) is 0 Å². The van der Waals surface area contributed by atoms with Crippen LogP contribution in [0.5, 0.6) is 0 Å². The Morgan fingerprint density at radius 2 is 1.03 bits per heavy atom. The van der Waals surface area contributed by atoms with E-state index in [0.29, 0.717) is 58.9 Å². The number of aliphatic hydroxyl groups excluding tert-OH is 3. The van der Waals surface area contributed by atoms with Gasteiger partial charge in [-0.15, -0.1) is 0 Å². The summed E-state index contributed by atoms with van der Waals surface area (Å²) in [6, 6.07) is 10.1. The summed E-state index contributed by atoms with van der Waals surface area (Å²) in [6.45, 7) is 4.20. The second-order valence-electron chi connectivity index (χ2n) is 8.02. The fourth-order valence-electron chi connectivity index (χ4n) is 3.06. The second kappa shape index (κ2) is 21.4. The fourth-order valence-corrected chi connectivity index (χ4v) is 3.06. The molecule has 1 rings (SSSR count). The number of unbranched alkanes of at least 4 members (excludes halogenated alkanes) is 2. The molecule has 1 aromatic carbocycles. The average molecular weight is 473 g/mol. The zero-order chi connectivity index (χ0) is 23.9. The monoisotopic (exact) mass is 472 g/mol. The van der Waals surface area contributed by atoms with Crippen LogP contribution in [0.15, 0.2) is 30.3 Å². The molecule has 0 atom stereocenters. The zero-order valence-corrected chi connectivity index (χ0v) is 20.0. The molecular formula is C25H44O8. The van der Waals surface area contributed by atoms with Gasteiger partial charge in [0.2, 0.25) is 0 Å². The van der Waals surface area contributed by atoms with E-state index in [1.165, 1.54) is 5.56 Å². The van der Waals surface area contributed by atoms with Crippen LogP contribution in [0.25, 0.3) is 0 Å². The van der Waals surface area contributed by atoms with Crippen LogP contribution < -0.4 is 0 Å². The Bertz CT molecular complexity index is 497. The number of hydrogen-bond acceptors (Lipinski definition) is 8. The second-order valence-corrected chi connectivity index (χ2v) is 8.02. The molecule has 0 fully saturated rings. The molecule has 0 saturated carbocycles. The van der Waals surface area contributed by atoms with E-state index in [-0.39, 0.29) is 39.6 Å². The van der Waals surface area contributed by atoms with Crippen LogP contribution in [-0.2, 0) is 30.3 Å². The molecule has 192 valence electrons. The lowest BCUT2D eigenvalue weighted by molar-refractivity contribution is -0.168. The van der Waals surface area contributed by atoms with Crippen molar-refractivity contribution in [2.75, 3.05) is 72.7 Å². The van der Waals surface area contributed by atoms with Gasteiger partial charge in [0.15, 0.2) is 0 Å². The summed E-state index contributed by atoms with van der Waals surface area (Å²) < 4.78 is 29.2. The van der Waals surface area contributed by atoms with Crippen molar-refractivity contribution < 1.29 is 39.0 Å². The van der Waals surface area contributed by atoms with Crippen LogP contribution in [0.4, 0.5) is 0 Å². The summed E-state index contributed by atoms with van der Waals surface area (Å²) in [7, 11) is 0. The molecule has 0 aliphatic rings. The van der Waals surface area contributed by atoms with Crippen molar-refractivity contribution in [3.63, 3.8) is 0 Å². The van der Waals surface area contributed by atoms with Crippen LogP contribution in [0.1, 0.15) is 44.1 Å². The van der Waals surface area contributed by atoms with Crippen LogP contribution in [0, 0.1) is 0 Å². The largest absolute Gasteiger partial charge is 0.396 e. The standard InChI is InChI=1S/C25H44O8/c26-12-7-16-30-21-25(22-31-17-8-13-27,23-32-18-9-14-28)33-19-6-2-5-15-29-20-24-10-3-1-4-11-24/h1,3-4,10-11,26-28H,2,5-9,12-23H2. The van der Waals surface area contributed by atoms with E-state index in [4.69, 9.17) is 39.0 Å². The summed E-state index contributed by atoms with van der Waals surface area (Å²) in [4.78, 5) is 0. The Hall–Kier alpha value is -1.10. The summed E-state index contributed by atoms with van der Waals surface area (Å²) in [6.07, 6.45) is 4.46. The smallest absolute Gasteiger partial charge is 0.138 e. The summed E-state index contributed by atoms with van der Waals surface area (Å²) >= 11 is 0. The lowest BCUT2D eigenvalue weighted by Gasteiger charge is -2.33. The third-order valence-corrected chi connectivity index (χ3v) is 4.89. The van der Waals surface area contributed by atoms with E-state index < -0.39 is 5.60 Å². The molecule has 0 unspecified atom stereocenters. The lowest BCUT2D eigenvalue weighted by Crippen LogP contribution is -2.47. The lowest BCUT2D eigenvalue weighted by atomic mass is 10.1. The first kappa shape index (κ1) is 29.9. The van der Waals surface area contributed by atoms with Crippen LogP contribution in [0.3, 0.4) is 0 Å². The first-order valence-corrected chi connectivity index (χ1v) is 12.1. The van der Waals surface area contributed by atoms with E-state index in [1.54, 1.807) is 0 Å². The van der Waals surface area contributed by atoms with Crippen LogP contribution in [-0.4, -0.2) is 93.6 Å². The summed E-state index contributed by atoms with van der Waals surface area (Å²) in [5, 5.41) is 27.0. The van der Waals surface area contributed by atoms with Crippen LogP contribution in [0.2, 0.25) is 0 Å². The van der Waals surface area contributed by atoms with Crippen molar-refractivity contribution in [3.05, 3.63) is 35.9 Å². The van der Waals surface area contributed by atoms with Gasteiger partial charge in [0.1, 0.15) is 5.60 Å². The molecule has 3 N–H and O–H groups in total. The number of ether oxygens (including phenoxy) is 5. The average Bonchev–Trinajstić information content (AvgIpc) is 2.84. The Kier molecular flexibility index (Phi) is 19.4. The molecule has 8 nitrogen and oxygen atoms in total. The Morgan fingerprint density at radius 1 is 0.545 bits per heavy atom. The van der Waals surface area contributed by atoms with Crippen molar-refractivity contribution in [2.45, 2.75) is 50.7 Å². The number of hydrogen-bond donors (Lipinski definition) is 3. The first-order valence-electron chi connectivity index (χ1n) is 12.1. The highest BCUT2D eigenvalue weighted by Gasteiger charge is 2.33. The highest BCUT2D eigenvalue weighted by molar-refractivity contribution is 5.13. The molecule has 0 aliphatic carbocycles. The molecule has 1 aromatic rings. The Balaban J connectivity index is 2.41. The van der Waals surface area contributed by atoms with Gasteiger partial charge in [0.05, 0.1) is 26.4 Å². The molecule has 0 heterocycles. The van der Waals surface area contributed by atoms with Gasteiger partial charge in [-0.2, -0.15) is 0 Å². The molecule has 0 saturated heterocycles. The minimum absolute atomic E-state index is 0.0696. The highest BCUT2D eigenvalue weighted by Crippen LogP contribution is 2.17. The minimum Gasteiger partial charge on any atom is -0.396 e. The van der Waals surface area contributed by atoms with Crippen molar-refractivity contribution in [1.82, 2.24) is 0 Å². The van der Waals surface area contributed by atoms with Gasteiger partial charge in [0, 0.05) is 52.9 Å². The van der Waals surface area contributed by atoms with Crippen LogP contribution >= 0.6 is 0 Å². The predicted octanol–water partition coefficient (Wildman–Crippen LogP) is 2.33. The molecule has 0 aliphatic heterocycles. The van der Waals surface area contributed by atoms with Gasteiger partial charge in [-0.05, 0) is 44.1 Å². The van der Waals surface area contributed by atoms with E-state index in [9.17, 15) is 0 Å². The molecule has 0 bridgehead atoms. The normalized spacial score (nSPS) is 11.8. The molecule has 33 heavy (non-hydrogen) atoms. The first-order chi connectivity index (χ1) is 16.3. The van der Waals surface area contributed by atoms with Crippen molar-refractivity contribution in [1.29, 1.82) is 0 Å². The Morgan fingerprint density at radius 3 is 1.55 bits per heavy atom. The van der Waals surface area contributed by atoms with Gasteiger partial charge >= 0.3 is 0 Å². The highest BCUT2D eigenvalue weighted by atomic mass is 16.6. The van der Waals surface area contributed by atoms with Gasteiger partial charge in [-0.25, -0.2) is 0 Å². The van der Waals surface area contributed by atoms with Gasteiger partial charge in [-0.1, -0.05) is 30.3 Å². The summed E-state index contributed by atoms with van der Waals surface area (Å²) in [5.41, 5.74) is 0.402. The SMILES string of the molecule is OCCCOCC(COCCCO)(COCCCO)OCCCCCOCc1ccccc1. The molecule has 0 spiro atoms. The number of aliphatic hydroxyl groups is 3. The maximum Gasteiger partial charge on any atom is 0.138 e. The Labute approximate surface area is 198 Å². The molecule has 0 aromatic heterocycles. The van der Waals surface area contributed by atoms with Gasteiger partial charge < -0.3 is 39.0 Å². The van der Waals surface area contributed by atoms with Gasteiger partial charge in [-0.3, -0.25) is 0 Å². The number of rotatable bonds is 24. The predicted molar refractivity (Wildman–Crippen MR) is 126 cm³/mol. The number of benzene rings is 1.